The van der Waals surface area contributed by atoms with E-state index < -0.39 is 28.3 Å². The highest BCUT2D eigenvalue weighted by Crippen LogP contribution is 2.42. The molecule has 0 rings (SSSR count). The summed E-state index contributed by atoms with van der Waals surface area (Å²) in [6.07, 6.45) is 0. The van der Waals surface area contributed by atoms with Crippen LogP contribution in [0.25, 0.3) is 0 Å². The van der Waals surface area contributed by atoms with Crippen molar-refractivity contribution < 1.29 is 28.8 Å². The lowest BCUT2D eigenvalue weighted by atomic mass is 9.95. The molecule has 19 heavy (non-hydrogen) atoms. The minimum Gasteiger partial charge on any atom is -0.757 e. The van der Waals surface area contributed by atoms with Gasteiger partial charge in [-0.15, -0.1) is 0 Å². The molecule has 0 spiro atoms. The van der Waals surface area contributed by atoms with Crippen LogP contribution in [0.1, 0.15) is 27.7 Å². The molecule has 6 nitrogen and oxygen atoms in total. The van der Waals surface area contributed by atoms with Gasteiger partial charge in [0, 0.05) is 0 Å². The largest absolute Gasteiger partial charge is 0.757 e. The highest BCUT2D eigenvalue weighted by atomic mass is 32.9. The number of esters is 2. The van der Waals surface area contributed by atoms with Gasteiger partial charge in [-0.05, 0) is 27.7 Å². The van der Waals surface area contributed by atoms with Crippen LogP contribution in [0, 0.1) is 5.92 Å². The molecule has 0 amide bonds. The first-order valence-electron chi connectivity index (χ1n) is 5.64. The molecule has 0 aromatic carbocycles. The number of rotatable bonds is 6. The highest BCUT2D eigenvalue weighted by molar-refractivity contribution is 8.61. The van der Waals surface area contributed by atoms with Gasteiger partial charge >= 0.3 is 11.9 Å². The molecule has 0 saturated heterocycles. The summed E-state index contributed by atoms with van der Waals surface area (Å²) in [5, 5.41) is 0. The Morgan fingerprint density at radius 2 is 1.68 bits per heavy atom. The summed E-state index contributed by atoms with van der Waals surface area (Å²) in [5.74, 6) is -2.84. The zero-order chi connectivity index (χ0) is 15.3. The number of ether oxygens (including phenoxy) is 2. The van der Waals surface area contributed by atoms with Gasteiger partial charge in [-0.2, -0.15) is 0 Å². The van der Waals surface area contributed by atoms with Crippen LogP contribution in [-0.2, 0) is 30.0 Å². The Hall–Kier alpha value is -0.140. The maximum Gasteiger partial charge on any atom is 0.326 e. The van der Waals surface area contributed by atoms with Gasteiger partial charge in [0.15, 0.2) is 10.9 Å². The van der Waals surface area contributed by atoms with Crippen LogP contribution < -0.4 is 4.89 Å². The molecule has 0 bridgehead atoms. The van der Waals surface area contributed by atoms with Crippen LogP contribution in [0.5, 0.6) is 0 Å². The third-order valence-corrected chi connectivity index (χ3v) is 5.90. The van der Waals surface area contributed by atoms with Gasteiger partial charge in [0.05, 0.1) is 13.2 Å². The van der Waals surface area contributed by atoms with Gasteiger partial charge in [-0.25, -0.2) is 0 Å². The van der Waals surface area contributed by atoms with Crippen molar-refractivity contribution in [2.45, 2.75) is 32.4 Å². The number of thiol groups is 1. The van der Waals surface area contributed by atoms with Gasteiger partial charge in [0.25, 0.3) is 0 Å². The Bertz CT molecular complexity index is 363. The van der Waals surface area contributed by atoms with E-state index in [-0.39, 0.29) is 13.2 Å². The summed E-state index contributed by atoms with van der Waals surface area (Å²) in [6.45, 7) is 6.41. The van der Waals surface area contributed by atoms with Crippen molar-refractivity contribution >= 4 is 40.8 Å². The van der Waals surface area contributed by atoms with E-state index in [1.807, 2.05) is 0 Å². The second-order valence-electron chi connectivity index (χ2n) is 4.12. The second kappa shape index (κ2) is 7.59. The first-order chi connectivity index (χ1) is 8.55. The third-order valence-electron chi connectivity index (χ3n) is 2.09. The predicted molar refractivity (Wildman–Crippen MR) is 76.3 cm³/mol. The molecule has 0 radical (unpaired) electrons. The number of carbonyl (C=O) groups excluding carboxylic acids is 2. The molecule has 1 N–H and O–H groups in total. The SMILES string of the molecule is CCOC(=O)C(C(=O)OCC)C(C)(C)[S+]=P([O-])(O)S. The van der Waals surface area contributed by atoms with E-state index in [0.717, 1.165) is 0 Å². The second-order valence-corrected chi connectivity index (χ2v) is 10.8. The standard InChI is InChI=1S/C10H19O6PS2/c1-5-15-8(11)7(9(12)16-6-2)10(3,4)19-17(13,14)18/h7H,5-6H2,1-4H3,(H2-,13,14,18). The quantitative estimate of drug-likeness (QED) is 0.243. The lowest BCUT2D eigenvalue weighted by molar-refractivity contribution is -0.170. The highest BCUT2D eigenvalue weighted by Gasteiger charge is 2.51. The zero-order valence-corrected chi connectivity index (χ0v) is 13.9. The van der Waals surface area contributed by atoms with Crippen LogP contribution in [0.3, 0.4) is 0 Å². The smallest absolute Gasteiger partial charge is 0.326 e. The zero-order valence-electron chi connectivity index (χ0n) is 11.3. The molecule has 0 aromatic heterocycles. The summed E-state index contributed by atoms with van der Waals surface area (Å²) in [6, 6.07) is 0. The summed E-state index contributed by atoms with van der Waals surface area (Å²) < 4.78 is 8.47. The van der Waals surface area contributed by atoms with E-state index in [1.54, 1.807) is 13.8 Å². The van der Waals surface area contributed by atoms with Crippen molar-refractivity contribution in [3.63, 3.8) is 0 Å². The van der Waals surface area contributed by atoms with Gasteiger partial charge in [-0.3, -0.25) is 9.59 Å². The molecule has 0 aromatic rings. The summed E-state index contributed by atoms with van der Waals surface area (Å²) in [4.78, 5) is 44.4. The Balaban J connectivity index is 5.46. The molecule has 1 unspecified atom stereocenters. The van der Waals surface area contributed by atoms with E-state index in [9.17, 15) is 19.4 Å². The molecule has 9 heteroatoms. The van der Waals surface area contributed by atoms with Crippen LogP contribution in [0.15, 0.2) is 0 Å². The number of hydrogen-bond donors (Lipinski definition) is 2. The number of carbonyl (C=O) groups is 2. The van der Waals surface area contributed by atoms with Gasteiger partial charge < -0.3 is 19.3 Å². The molecule has 0 saturated carbocycles. The number of hydrogen-bond acceptors (Lipinski definition) is 5. The molecule has 0 aliphatic rings. The van der Waals surface area contributed by atoms with E-state index in [1.165, 1.54) is 13.8 Å². The van der Waals surface area contributed by atoms with Crippen molar-refractivity contribution in [2.24, 2.45) is 5.92 Å². The lowest BCUT2D eigenvalue weighted by Gasteiger charge is -2.21. The summed E-state index contributed by atoms with van der Waals surface area (Å²) in [7, 11) is 0.549. The van der Waals surface area contributed by atoms with E-state index in [4.69, 9.17) is 9.47 Å². The molecule has 112 valence electrons. The lowest BCUT2D eigenvalue weighted by Crippen LogP contribution is -2.44. The monoisotopic (exact) mass is 330 g/mol. The van der Waals surface area contributed by atoms with Gasteiger partial charge in [0.1, 0.15) is 0 Å². The van der Waals surface area contributed by atoms with Crippen molar-refractivity contribution in [3.8, 4) is 0 Å². The first kappa shape index (κ1) is 18.9. The predicted octanol–water partition coefficient (Wildman–Crippen LogP) is 0.550. The minimum atomic E-state index is -3.76. The molecular formula is C10H19O6PS2. The molecule has 0 aliphatic carbocycles. The normalized spacial score (nSPS) is 14.7. The average Bonchev–Trinajstić information content (AvgIpc) is 2.13. The molecule has 0 fully saturated rings. The van der Waals surface area contributed by atoms with Crippen molar-refractivity contribution in [3.05, 3.63) is 0 Å². The Labute approximate surface area is 121 Å². The van der Waals surface area contributed by atoms with Crippen LogP contribution in [-0.4, -0.2) is 34.8 Å². The van der Waals surface area contributed by atoms with E-state index in [2.05, 4.69) is 12.2 Å². The molecular weight excluding hydrogens is 311 g/mol. The topological polar surface area (TPSA) is 95.9 Å². The Kier molecular flexibility index (Phi) is 7.54. The maximum absolute atomic E-state index is 11.9. The molecule has 0 heterocycles. The summed E-state index contributed by atoms with van der Waals surface area (Å²) >= 11 is 3.55. The van der Waals surface area contributed by atoms with Crippen LogP contribution in [0.2, 0.25) is 0 Å². The van der Waals surface area contributed by atoms with Gasteiger partial charge in [-0.1, -0.05) is 12.2 Å². The Morgan fingerprint density at radius 1 is 1.32 bits per heavy atom. The van der Waals surface area contributed by atoms with Gasteiger partial charge in [0.2, 0.25) is 16.4 Å². The van der Waals surface area contributed by atoms with Crippen LogP contribution >= 0.6 is 17.9 Å². The summed E-state index contributed by atoms with van der Waals surface area (Å²) in [5.41, 5.74) is -3.76. The third kappa shape index (κ3) is 6.72. The fraction of sp³-hybridized carbons (Fsp3) is 0.800. The maximum atomic E-state index is 11.9. The molecule has 1 atom stereocenters. The first-order valence-corrected chi connectivity index (χ1v) is 9.88. The fourth-order valence-corrected chi connectivity index (χ4v) is 6.43. The Morgan fingerprint density at radius 3 is 1.95 bits per heavy atom. The average molecular weight is 330 g/mol. The van der Waals surface area contributed by atoms with Crippen molar-refractivity contribution in [1.82, 2.24) is 0 Å². The fourth-order valence-electron chi connectivity index (χ4n) is 1.47. The minimum absolute atomic E-state index is 0.104. The van der Waals surface area contributed by atoms with E-state index >= 15 is 0 Å². The van der Waals surface area contributed by atoms with Crippen molar-refractivity contribution in [2.75, 3.05) is 13.2 Å². The van der Waals surface area contributed by atoms with Crippen molar-refractivity contribution in [1.29, 1.82) is 0 Å². The van der Waals surface area contributed by atoms with E-state index in [0.29, 0.717) is 10.9 Å². The molecule has 0 aliphatic heterocycles. The van der Waals surface area contributed by atoms with Crippen LogP contribution in [0.4, 0.5) is 0 Å².